The fourth-order valence-electron chi connectivity index (χ4n) is 5.88. The van der Waals surface area contributed by atoms with Gasteiger partial charge < -0.3 is 10.2 Å². The van der Waals surface area contributed by atoms with Crippen LogP contribution in [0.2, 0.25) is 0 Å². The zero-order valence-corrected chi connectivity index (χ0v) is 20.7. The molecule has 35 heavy (non-hydrogen) atoms. The topological polar surface area (TPSA) is 44.3 Å². The molecule has 0 spiro atoms. The normalized spacial score (nSPS) is 20.6. The lowest BCUT2D eigenvalue weighted by Crippen LogP contribution is -2.49. The van der Waals surface area contributed by atoms with E-state index in [9.17, 15) is 0 Å². The van der Waals surface area contributed by atoms with Gasteiger partial charge in [-0.25, -0.2) is 9.97 Å². The van der Waals surface area contributed by atoms with Crippen LogP contribution >= 0.6 is 0 Å². The van der Waals surface area contributed by atoms with Gasteiger partial charge in [0.1, 0.15) is 5.82 Å². The Kier molecular flexibility index (Phi) is 5.65. The highest BCUT2D eigenvalue weighted by Gasteiger charge is 2.44. The van der Waals surface area contributed by atoms with E-state index < -0.39 is 0 Å². The summed E-state index contributed by atoms with van der Waals surface area (Å²) in [4.78, 5) is 15.0. The molecular weight excluding hydrogens is 430 g/mol. The lowest BCUT2D eigenvalue weighted by atomic mass is 10.1. The number of pyridine rings is 2. The van der Waals surface area contributed by atoms with Crippen molar-refractivity contribution in [2.24, 2.45) is 0 Å². The van der Waals surface area contributed by atoms with Gasteiger partial charge in [-0.15, -0.1) is 0 Å². The van der Waals surface area contributed by atoms with Crippen LogP contribution in [0.15, 0.2) is 79.0 Å². The van der Waals surface area contributed by atoms with Crippen molar-refractivity contribution in [1.82, 2.24) is 14.9 Å². The van der Waals surface area contributed by atoms with Crippen LogP contribution in [0.3, 0.4) is 0 Å². The molecule has 4 heterocycles. The number of nitrogens with one attached hydrogen (secondary N) is 1. The molecule has 2 aliphatic rings. The van der Waals surface area contributed by atoms with E-state index in [2.05, 4.69) is 108 Å². The molecule has 3 atom stereocenters. The number of piperazine rings is 1. The summed E-state index contributed by atoms with van der Waals surface area (Å²) in [7, 11) is 0. The highest BCUT2D eigenvalue weighted by atomic mass is 15.4. The minimum atomic E-state index is 0.170. The first-order valence-corrected chi connectivity index (χ1v) is 12.8. The number of anilines is 2. The number of hydrogen-bond donors (Lipinski definition) is 1. The number of para-hydroxylation sites is 1. The molecule has 0 amide bonds. The Hall–Kier alpha value is -3.44. The Morgan fingerprint density at radius 1 is 0.886 bits per heavy atom. The second kappa shape index (κ2) is 8.97. The molecule has 2 fully saturated rings. The van der Waals surface area contributed by atoms with Gasteiger partial charge >= 0.3 is 0 Å². The van der Waals surface area contributed by atoms with Gasteiger partial charge in [-0.05, 0) is 57.0 Å². The molecule has 5 heteroatoms. The Bertz CT molecular complexity index is 1340. The van der Waals surface area contributed by atoms with Crippen molar-refractivity contribution in [3.05, 3.63) is 84.6 Å². The molecular formula is C30H33N5. The van der Waals surface area contributed by atoms with Crippen LogP contribution in [0.1, 0.15) is 38.8 Å². The third kappa shape index (κ3) is 4.14. The summed E-state index contributed by atoms with van der Waals surface area (Å²) in [6.45, 7) is 9.04. The van der Waals surface area contributed by atoms with E-state index in [4.69, 9.17) is 4.98 Å². The van der Waals surface area contributed by atoms with Crippen molar-refractivity contribution < 1.29 is 0 Å². The molecule has 2 bridgehead atoms. The zero-order chi connectivity index (χ0) is 23.9. The zero-order valence-electron chi connectivity index (χ0n) is 20.7. The Labute approximate surface area is 207 Å². The van der Waals surface area contributed by atoms with E-state index in [1.807, 2.05) is 12.3 Å². The molecule has 0 unspecified atom stereocenters. The van der Waals surface area contributed by atoms with E-state index in [1.54, 1.807) is 0 Å². The van der Waals surface area contributed by atoms with E-state index in [0.717, 1.165) is 35.7 Å². The monoisotopic (exact) mass is 463 g/mol. The number of rotatable bonds is 6. The van der Waals surface area contributed by atoms with E-state index in [-0.39, 0.29) is 6.04 Å². The SMILES string of the molecule is CC(C)N1C[C@@H]2C[C@H]1CN2c1cc(-c2ccnc(N[C@@H](C)c3ccccc3)c2)nc2ccccc12. The van der Waals surface area contributed by atoms with Crippen molar-refractivity contribution in [3.8, 4) is 11.3 Å². The van der Waals surface area contributed by atoms with Gasteiger partial charge in [0.15, 0.2) is 0 Å². The van der Waals surface area contributed by atoms with Crippen LogP contribution in [-0.2, 0) is 0 Å². The maximum atomic E-state index is 5.07. The summed E-state index contributed by atoms with van der Waals surface area (Å²) < 4.78 is 0. The predicted molar refractivity (Wildman–Crippen MR) is 145 cm³/mol. The van der Waals surface area contributed by atoms with Gasteiger partial charge in [0.25, 0.3) is 0 Å². The van der Waals surface area contributed by atoms with Crippen molar-refractivity contribution in [3.63, 3.8) is 0 Å². The standard InChI is InChI=1S/C30H33N5/c1-20(2)34-18-25-16-24(34)19-35(25)29-17-28(33-27-12-8-7-11-26(27)29)23-13-14-31-30(15-23)32-21(3)22-9-5-4-6-10-22/h4-15,17,20-21,24-25H,16,18-19H2,1-3H3,(H,31,32)/t21-,24-,25-/m0/s1. The summed E-state index contributed by atoms with van der Waals surface area (Å²) in [6, 6.07) is 27.5. The van der Waals surface area contributed by atoms with E-state index in [1.165, 1.54) is 23.1 Å². The second-order valence-corrected chi connectivity index (χ2v) is 10.2. The van der Waals surface area contributed by atoms with Gasteiger partial charge in [-0.1, -0.05) is 48.5 Å². The number of likely N-dealkylation sites (tertiary alicyclic amines) is 1. The molecule has 5 nitrogen and oxygen atoms in total. The highest BCUT2D eigenvalue weighted by Crippen LogP contribution is 2.40. The lowest BCUT2D eigenvalue weighted by molar-refractivity contribution is 0.191. The molecule has 4 aromatic rings. The van der Waals surface area contributed by atoms with Gasteiger partial charge in [-0.2, -0.15) is 0 Å². The molecule has 0 aliphatic carbocycles. The fourth-order valence-corrected chi connectivity index (χ4v) is 5.88. The largest absolute Gasteiger partial charge is 0.365 e. The number of hydrogen-bond acceptors (Lipinski definition) is 5. The van der Waals surface area contributed by atoms with Crippen LogP contribution in [0.5, 0.6) is 0 Å². The number of aromatic nitrogens is 2. The molecule has 2 aliphatic heterocycles. The minimum Gasteiger partial charge on any atom is -0.365 e. The average molecular weight is 464 g/mol. The number of fused-ring (bicyclic) bond motifs is 3. The Balaban J connectivity index is 1.34. The highest BCUT2D eigenvalue weighted by molar-refractivity contribution is 5.94. The van der Waals surface area contributed by atoms with Gasteiger partial charge in [0.2, 0.25) is 0 Å². The van der Waals surface area contributed by atoms with Gasteiger partial charge in [0.05, 0.1) is 11.2 Å². The Morgan fingerprint density at radius 2 is 1.69 bits per heavy atom. The molecule has 1 N–H and O–H groups in total. The minimum absolute atomic E-state index is 0.170. The van der Waals surface area contributed by atoms with Crippen LogP contribution in [0.25, 0.3) is 22.2 Å². The summed E-state index contributed by atoms with van der Waals surface area (Å²) in [5, 5.41) is 4.80. The van der Waals surface area contributed by atoms with Crippen molar-refractivity contribution in [1.29, 1.82) is 0 Å². The predicted octanol–water partition coefficient (Wildman–Crippen LogP) is 6.14. The first-order valence-electron chi connectivity index (χ1n) is 12.8. The fraction of sp³-hybridized carbons (Fsp3) is 0.333. The van der Waals surface area contributed by atoms with Crippen molar-refractivity contribution >= 4 is 22.4 Å². The molecule has 6 rings (SSSR count). The smallest absolute Gasteiger partial charge is 0.127 e. The quantitative estimate of drug-likeness (QED) is 0.372. The van der Waals surface area contributed by atoms with E-state index in [0.29, 0.717) is 18.1 Å². The summed E-state index contributed by atoms with van der Waals surface area (Å²) in [5.41, 5.74) is 5.69. The number of benzene rings is 2. The summed E-state index contributed by atoms with van der Waals surface area (Å²) in [5.74, 6) is 0.864. The maximum Gasteiger partial charge on any atom is 0.127 e. The van der Waals surface area contributed by atoms with Crippen molar-refractivity contribution in [2.75, 3.05) is 23.3 Å². The second-order valence-electron chi connectivity index (χ2n) is 10.2. The third-order valence-corrected chi connectivity index (χ3v) is 7.67. The maximum absolute atomic E-state index is 5.07. The first-order chi connectivity index (χ1) is 17.1. The van der Waals surface area contributed by atoms with Gasteiger partial charge in [-0.3, -0.25) is 4.90 Å². The number of nitrogens with zero attached hydrogens (tertiary/aromatic N) is 4. The van der Waals surface area contributed by atoms with Crippen LogP contribution in [-0.4, -0.2) is 46.1 Å². The summed E-state index contributed by atoms with van der Waals surface area (Å²) in [6.07, 6.45) is 3.13. The van der Waals surface area contributed by atoms with Crippen LogP contribution in [0.4, 0.5) is 11.5 Å². The van der Waals surface area contributed by atoms with Crippen LogP contribution in [0, 0.1) is 0 Å². The average Bonchev–Trinajstić information content (AvgIpc) is 3.50. The van der Waals surface area contributed by atoms with Gasteiger partial charge in [0, 0.05) is 60.1 Å². The Morgan fingerprint density at radius 3 is 2.46 bits per heavy atom. The van der Waals surface area contributed by atoms with E-state index >= 15 is 0 Å². The first kappa shape index (κ1) is 22.1. The van der Waals surface area contributed by atoms with Crippen LogP contribution < -0.4 is 10.2 Å². The molecule has 178 valence electrons. The molecule has 0 saturated carbocycles. The molecule has 2 aromatic heterocycles. The lowest BCUT2D eigenvalue weighted by Gasteiger charge is -2.38. The molecule has 2 aromatic carbocycles. The third-order valence-electron chi connectivity index (χ3n) is 7.67. The summed E-state index contributed by atoms with van der Waals surface area (Å²) >= 11 is 0. The molecule has 2 saturated heterocycles. The van der Waals surface area contributed by atoms with Crippen molar-refractivity contribution in [2.45, 2.75) is 51.4 Å². The molecule has 0 radical (unpaired) electrons.